The monoisotopic (exact) mass is 324 g/mol. The van der Waals surface area contributed by atoms with Crippen LogP contribution in [0.25, 0.3) is 0 Å². The Bertz CT molecular complexity index is 727. The Kier molecular flexibility index (Phi) is 4.79. The van der Waals surface area contributed by atoms with Gasteiger partial charge in [-0.3, -0.25) is 4.79 Å². The number of benzene rings is 1. The lowest BCUT2D eigenvalue weighted by Gasteiger charge is -2.18. The van der Waals surface area contributed by atoms with Crippen molar-refractivity contribution in [3.05, 3.63) is 53.0 Å². The maximum atomic E-state index is 12.6. The largest absolute Gasteiger partial charge is 0.358 e. The zero-order chi connectivity index (χ0) is 17.1. The summed E-state index contributed by atoms with van der Waals surface area (Å²) in [5.41, 5.74) is 3.39. The van der Waals surface area contributed by atoms with Gasteiger partial charge < -0.3 is 10.2 Å². The van der Waals surface area contributed by atoms with Gasteiger partial charge in [0.15, 0.2) is 0 Å². The van der Waals surface area contributed by atoms with Crippen LogP contribution in [0, 0.1) is 13.8 Å². The Labute approximate surface area is 143 Å². The van der Waals surface area contributed by atoms with Crippen molar-refractivity contribution in [2.45, 2.75) is 46.2 Å². The number of nitrogens with zero attached hydrogens (tertiary/aromatic N) is 3. The minimum atomic E-state index is -0.200. The molecule has 5 heteroatoms. The zero-order valence-corrected chi connectivity index (χ0v) is 14.5. The number of hydrogen-bond donors (Lipinski definition) is 1. The molecule has 0 saturated carbocycles. The number of aromatic nitrogens is 2. The number of amides is 1. The van der Waals surface area contributed by atoms with Gasteiger partial charge in [0, 0.05) is 24.8 Å². The van der Waals surface area contributed by atoms with E-state index >= 15 is 0 Å². The summed E-state index contributed by atoms with van der Waals surface area (Å²) in [6.07, 6.45) is 1.66. The highest BCUT2D eigenvalue weighted by atomic mass is 16.2. The lowest BCUT2D eigenvalue weighted by Crippen LogP contribution is -2.33. The van der Waals surface area contributed by atoms with Crippen LogP contribution in [0.2, 0.25) is 0 Å². The van der Waals surface area contributed by atoms with Gasteiger partial charge in [-0.15, -0.1) is 0 Å². The lowest BCUT2D eigenvalue weighted by atomic mass is 10.1. The summed E-state index contributed by atoms with van der Waals surface area (Å²) in [5.74, 6) is 1.62. The second-order valence-electron chi connectivity index (χ2n) is 6.38. The molecule has 24 heavy (non-hydrogen) atoms. The molecule has 1 N–H and O–H groups in total. The number of carbonyl (C=O) groups is 1. The fourth-order valence-electron chi connectivity index (χ4n) is 3.01. The van der Waals surface area contributed by atoms with E-state index in [4.69, 9.17) is 0 Å². The quantitative estimate of drug-likeness (QED) is 0.919. The Hall–Kier alpha value is -2.43. The van der Waals surface area contributed by atoms with Crippen LogP contribution in [-0.4, -0.2) is 33.4 Å². The summed E-state index contributed by atoms with van der Waals surface area (Å²) in [4.78, 5) is 23.3. The number of carbonyl (C=O) groups excluding carboxylic acids is 1. The summed E-state index contributed by atoms with van der Waals surface area (Å²) in [6.45, 7) is 7.45. The summed E-state index contributed by atoms with van der Waals surface area (Å²) < 4.78 is 0. The van der Waals surface area contributed by atoms with Crippen LogP contribution in [0.15, 0.2) is 30.3 Å². The first kappa shape index (κ1) is 16.4. The average molecular weight is 324 g/mol. The van der Waals surface area contributed by atoms with E-state index in [0.29, 0.717) is 6.54 Å². The molecule has 5 nitrogen and oxygen atoms in total. The molecule has 1 fully saturated rings. The third-order valence-corrected chi connectivity index (χ3v) is 4.37. The van der Waals surface area contributed by atoms with Gasteiger partial charge in [-0.05, 0) is 32.3 Å². The fourth-order valence-corrected chi connectivity index (χ4v) is 3.01. The standard InChI is InChI=1S/C19H24N4O/c1-4-16-11-18(21-14(3)20-16)22-17-9-10-23(19(17)24)12-15-7-5-13(2)6-8-15/h5-8,11,17H,4,9-10,12H2,1-3H3,(H,20,21,22). The molecule has 1 aromatic carbocycles. The molecule has 0 spiro atoms. The maximum absolute atomic E-state index is 12.6. The van der Waals surface area contributed by atoms with Crippen molar-refractivity contribution in [2.75, 3.05) is 11.9 Å². The molecule has 0 radical (unpaired) electrons. The normalized spacial score (nSPS) is 17.4. The van der Waals surface area contributed by atoms with Crippen LogP contribution in [-0.2, 0) is 17.8 Å². The van der Waals surface area contributed by atoms with E-state index in [0.717, 1.165) is 36.7 Å². The molecule has 0 bridgehead atoms. The second-order valence-corrected chi connectivity index (χ2v) is 6.38. The third-order valence-electron chi connectivity index (χ3n) is 4.37. The Morgan fingerprint density at radius 2 is 1.96 bits per heavy atom. The lowest BCUT2D eigenvalue weighted by molar-refractivity contribution is -0.128. The molecule has 126 valence electrons. The van der Waals surface area contributed by atoms with Crippen molar-refractivity contribution < 1.29 is 4.79 Å². The van der Waals surface area contributed by atoms with Crippen molar-refractivity contribution in [1.82, 2.24) is 14.9 Å². The van der Waals surface area contributed by atoms with Crippen LogP contribution in [0.1, 0.15) is 36.0 Å². The van der Waals surface area contributed by atoms with Crippen molar-refractivity contribution >= 4 is 11.7 Å². The first-order valence-corrected chi connectivity index (χ1v) is 8.50. The van der Waals surface area contributed by atoms with E-state index in [-0.39, 0.29) is 11.9 Å². The van der Waals surface area contributed by atoms with Gasteiger partial charge in [0.1, 0.15) is 17.7 Å². The van der Waals surface area contributed by atoms with Crippen LogP contribution >= 0.6 is 0 Å². The summed E-state index contributed by atoms with van der Waals surface area (Å²) in [7, 11) is 0. The number of rotatable bonds is 5. The molecule has 1 amide bonds. The molecule has 1 aromatic heterocycles. The highest BCUT2D eigenvalue weighted by molar-refractivity contribution is 5.86. The van der Waals surface area contributed by atoms with E-state index in [9.17, 15) is 4.79 Å². The Balaban J connectivity index is 1.65. The fraction of sp³-hybridized carbons (Fsp3) is 0.421. The number of likely N-dealkylation sites (tertiary alicyclic amines) is 1. The van der Waals surface area contributed by atoms with Gasteiger partial charge in [0.2, 0.25) is 5.91 Å². The first-order chi connectivity index (χ1) is 11.5. The third kappa shape index (κ3) is 3.72. The average Bonchev–Trinajstić information content (AvgIpc) is 2.89. The van der Waals surface area contributed by atoms with Gasteiger partial charge in [0.25, 0.3) is 0 Å². The molecule has 2 heterocycles. The minimum absolute atomic E-state index is 0.143. The summed E-state index contributed by atoms with van der Waals surface area (Å²) in [5, 5.41) is 3.29. The number of nitrogens with one attached hydrogen (secondary N) is 1. The molecule has 3 rings (SSSR count). The molecule has 0 aliphatic carbocycles. The number of hydrogen-bond acceptors (Lipinski definition) is 4. The molecule has 1 aliphatic heterocycles. The highest BCUT2D eigenvalue weighted by Gasteiger charge is 2.31. The van der Waals surface area contributed by atoms with E-state index < -0.39 is 0 Å². The van der Waals surface area contributed by atoms with Crippen LogP contribution < -0.4 is 5.32 Å². The predicted octanol–water partition coefficient (Wildman–Crippen LogP) is 2.87. The maximum Gasteiger partial charge on any atom is 0.245 e. The van der Waals surface area contributed by atoms with E-state index in [1.54, 1.807) is 0 Å². The first-order valence-electron chi connectivity index (χ1n) is 8.50. The molecular formula is C19H24N4O. The van der Waals surface area contributed by atoms with Crippen molar-refractivity contribution in [1.29, 1.82) is 0 Å². The zero-order valence-electron chi connectivity index (χ0n) is 14.5. The topological polar surface area (TPSA) is 58.1 Å². The van der Waals surface area contributed by atoms with Crippen molar-refractivity contribution in [3.63, 3.8) is 0 Å². The summed E-state index contributed by atoms with van der Waals surface area (Å²) in [6, 6.07) is 10.1. The van der Waals surface area contributed by atoms with Gasteiger partial charge in [-0.1, -0.05) is 36.8 Å². The molecule has 1 atom stereocenters. The highest BCUT2D eigenvalue weighted by Crippen LogP contribution is 2.19. The van der Waals surface area contributed by atoms with Gasteiger partial charge in [0.05, 0.1) is 0 Å². The van der Waals surface area contributed by atoms with E-state index in [1.807, 2.05) is 17.9 Å². The van der Waals surface area contributed by atoms with Crippen molar-refractivity contribution in [3.8, 4) is 0 Å². The van der Waals surface area contributed by atoms with Gasteiger partial charge in [-0.2, -0.15) is 0 Å². The predicted molar refractivity (Wildman–Crippen MR) is 94.8 cm³/mol. The molecule has 2 aromatic rings. The molecule has 1 saturated heterocycles. The van der Waals surface area contributed by atoms with Gasteiger partial charge in [-0.25, -0.2) is 9.97 Å². The van der Waals surface area contributed by atoms with Crippen LogP contribution in [0.5, 0.6) is 0 Å². The number of aryl methyl sites for hydroxylation is 3. The Morgan fingerprint density at radius 1 is 1.21 bits per heavy atom. The van der Waals surface area contributed by atoms with Crippen molar-refractivity contribution in [2.24, 2.45) is 0 Å². The van der Waals surface area contributed by atoms with E-state index in [1.165, 1.54) is 11.1 Å². The smallest absolute Gasteiger partial charge is 0.245 e. The van der Waals surface area contributed by atoms with E-state index in [2.05, 4.69) is 53.4 Å². The molecule has 1 aliphatic rings. The SMILES string of the molecule is CCc1cc(NC2CCN(Cc3ccc(C)cc3)C2=O)nc(C)n1. The molecule has 1 unspecified atom stereocenters. The summed E-state index contributed by atoms with van der Waals surface area (Å²) >= 11 is 0. The minimum Gasteiger partial charge on any atom is -0.358 e. The Morgan fingerprint density at radius 3 is 2.67 bits per heavy atom. The number of anilines is 1. The van der Waals surface area contributed by atoms with Crippen LogP contribution in [0.4, 0.5) is 5.82 Å². The molecular weight excluding hydrogens is 300 g/mol. The second kappa shape index (κ2) is 6.99. The van der Waals surface area contributed by atoms with Crippen LogP contribution in [0.3, 0.4) is 0 Å². The van der Waals surface area contributed by atoms with Gasteiger partial charge >= 0.3 is 0 Å².